The Balaban J connectivity index is 1.76. The van der Waals surface area contributed by atoms with Crippen LogP contribution in [0.15, 0.2) is 18.2 Å². The summed E-state index contributed by atoms with van der Waals surface area (Å²) in [5.41, 5.74) is 0.725. The van der Waals surface area contributed by atoms with Crippen LogP contribution in [0, 0.1) is 12.3 Å². The predicted octanol–water partition coefficient (Wildman–Crippen LogP) is 5.54. The van der Waals surface area contributed by atoms with Gasteiger partial charge in [-0.1, -0.05) is 25.3 Å². The Bertz CT molecular complexity index is 515. The number of halogens is 3. The second-order valence-corrected chi connectivity index (χ2v) is 6.69. The highest BCUT2D eigenvalue weighted by molar-refractivity contribution is 5.50. The summed E-state index contributed by atoms with van der Waals surface area (Å²) in [5, 5.41) is 3.38. The molecule has 0 radical (unpaired) electrons. The standard InChI is InChI=1S/C17H22F3N/c1-12-5-6-13(11-14(12)17(18,19)20)21-15-7-10-16(15)8-3-2-4-9-16/h5-6,11,15,21H,2-4,7-10H2,1H3. The molecule has 2 aliphatic rings. The fourth-order valence-corrected chi connectivity index (χ4v) is 3.99. The van der Waals surface area contributed by atoms with E-state index in [4.69, 9.17) is 0 Å². The van der Waals surface area contributed by atoms with Crippen LogP contribution in [-0.2, 0) is 6.18 Å². The number of hydrogen-bond donors (Lipinski definition) is 1. The molecule has 0 saturated heterocycles. The Labute approximate surface area is 123 Å². The summed E-state index contributed by atoms with van der Waals surface area (Å²) in [4.78, 5) is 0. The minimum absolute atomic E-state index is 0.286. The average molecular weight is 297 g/mol. The first-order chi connectivity index (χ1) is 9.91. The van der Waals surface area contributed by atoms with E-state index in [0.717, 1.165) is 6.42 Å². The third kappa shape index (κ3) is 2.77. The second-order valence-electron chi connectivity index (χ2n) is 6.69. The third-order valence-corrected chi connectivity index (χ3v) is 5.40. The van der Waals surface area contributed by atoms with E-state index in [1.165, 1.54) is 51.5 Å². The summed E-state index contributed by atoms with van der Waals surface area (Å²) in [6.07, 6.45) is 4.31. The zero-order valence-corrected chi connectivity index (χ0v) is 12.4. The lowest BCUT2D eigenvalue weighted by Crippen LogP contribution is -2.50. The van der Waals surface area contributed by atoms with Crippen molar-refractivity contribution in [1.82, 2.24) is 0 Å². The second kappa shape index (κ2) is 5.22. The van der Waals surface area contributed by atoms with E-state index in [0.29, 0.717) is 17.1 Å². The molecule has 4 heteroatoms. The Morgan fingerprint density at radius 1 is 1.10 bits per heavy atom. The van der Waals surface area contributed by atoms with Crippen molar-refractivity contribution >= 4 is 5.69 Å². The van der Waals surface area contributed by atoms with Crippen molar-refractivity contribution in [2.45, 2.75) is 64.1 Å². The summed E-state index contributed by atoms with van der Waals surface area (Å²) in [6.45, 7) is 1.51. The van der Waals surface area contributed by atoms with Crippen LogP contribution in [0.5, 0.6) is 0 Å². The van der Waals surface area contributed by atoms with Crippen LogP contribution in [0.3, 0.4) is 0 Å². The van der Waals surface area contributed by atoms with Gasteiger partial charge in [0.05, 0.1) is 5.56 Å². The van der Waals surface area contributed by atoms with Crippen molar-refractivity contribution < 1.29 is 13.2 Å². The molecule has 2 saturated carbocycles. The van der Waals surface area contributed by atoms with Gasteiger partial charge in [0.1, 0.15) is 0 Å². The molecule has 116 valence electrons. The van der Waals surface area contributed by atoms with Gasteiger partial charge in [0, 0.05) is 11.7 Å². The number of nitrogens with one attached hydrogen (secondary N) is 1. The molecule has 0 bridgehead atoms. The summed E-state index contributed by atoms with van der Waals surface area (Å²) in [6, 6.07) is 4.96. The van der Waals surface area contributed by atoms with Gasteiger partial charge in [0.2, 0.25) is 0 Å². The molecule has 21 heavy (non-hydrogen) atoms. The molecule has 0 aliphatic heterocycles. The van der Waals surface area contributed by atoms with Crippen molar-refractivity contribution in [2.75, 3.05) is 5.32 Å². The number of rotatable bonds is 2. The third-order valence-electron chi connectivity index (χ3n) is 5.40. The Morgan fingerprint density at radius 3 is 2.38 bits per heavy atom. The van der Waals surface area contributed by atoms with Crippen molar-refractivity contribution in [3.63, 3.8) is 0 Å². The van der Waals surface area contributed by atoms with Crippen LogP contribution in [0.2, 0.25) is 0 Å². The molecule has 1 unspecified atom stereocenters. The molecule has 1 aromatic rings. The first-order valence-electron chi connectivity index (χ1n) is 7.85. The lowest BCUT2D eigenvalue weighted by molar-refractivity contribution is -0.138. The van der Waals surface area contributed by atoms with Crippen LogP contribution in [0.25, 0.3) is 0 Å². The quantitative estimate of drug-likeness (QED) is 0.756. The molecule has 1 nitrogen and oxygen atoms in total. The van der Waals surface area contributed by atoms with E-state index < -0.39 is 11.7 Å². The van der Waals surface area contributed by atoms with Gasteiger partial charge in [0.15, 0.2) is 0 Å². The molecule has 1 spiro atoms. The highest BCUT2D eigenvalue weighted by Crippen LogP contribution is 2.52. The van der Waals surface area contributed by atoms with E-state index in [1.54, 1.807) is 12.1 Å². The fraction of sp³-hybridized carbons (Fsp3) is 0.647. The van der Waals surface area contributed by atoms with E-state index in [2.05, 4.69) is 5.32 Å². The summed E-state index contributed by atoms with van der Waals surface area (Å²) >= 11 is 0. The average Bonchev–Trinajstić information content (AvgIpc) is 2.45. The Kier molecular flexibility index (Phi) is 3.66. The maximum absolute atomic E-state index is 13.0. The zero-order valence-electron chi connectivity index (χ0n) is 12.4. The lowest BCUT2D eigenvalue weighted by atomic mass is 9.57. The number of benzene rings is 1. The summed E-state index contributed by atoms with van der Waals surface area (Å²) in [5.74, 6) is 0. The van der Waals surface area contributed by atoms with Gasteiger partial charge in [-0.25, -0.2) is 0 Å². The maximum atomic E-state index is 13.0. The van der Waals surface area contributed by atoms with Crippen molar-refractivity contribution in [1.29, 1.82) is 0 Å². The van der Waals surface area contributed by atoms with Gasteiger partial charge < -0.3 is 5.32 Å². The molecule has 2 aliphatic carbocycles. The minimum atomic E-state index is -4.27. The molecule has 0 aromatic heterocycles. The number of alkyl halides is 3. The van der Waals surface area contributed by atoms with Gasteiger partial charge in [0.25, 0.3) is 0 Å². The molecule has 1 aromatic carbocycles. The van der Waals surface area contributed by atoms with Crippen LogP contribution < -0.4 is 5.32 Å². The first kappa shape index (κ1) is 14.7. The van der Waals surface area contributed by atoms with Gasteiger partial charge in [-0.3, -0.25) is 0 Å². The van der Waals surface area contributed by atoms with Crippen LogP contribution >= 0.6 is 0 Å². The Hall–Kier alpha value is -1.19. The van der Waals surface area contributed by atoms with E-state index in [1.807, 2.05) is 0 Å². The lowest BCUT2D eigenvalue weighted by Gasteiger charge is -2.52. The van der Waals surface area contributed by atoms with E-state index >= 15 is 0 Å². The molecule has 3 rings (SSSR count). The molecule has 0 amide bonds. The largest absolute Gasteiger partial charge is 0.416 e. The SMILES string of the molecule is Cc1ccc(NC2CCC23CCCCC3)cc1C(F)(F)F. The van der Waals surface area contributed by atoms with Gasteiger partial charge in [-0.05, 0) is 55.7 Å². The highest BCUT2D eigenvalue weighted by Gasteiger charge is 2.46. The van der Waals surface area contributed by atoms with E-state index in [9.17, 15) is 13.2 Å². The normalized spacial score (nSPS) is 24.7. The molecular formula is C17H22F3N. The maximum Gasteiger partial charge on any atom is 0.416 e. The fourth-order valence-electron chi connectivity index (χ4n) is 3.99. The molecule has 1 atom stereocenters. The number of aryl methyl sites for hydroxylation is 1. The topological polar surface area (TPSA) is 12.0 Å². The van der Waals surface area contributed by atoms with Gasteiger partial charge in [-0.15, -0.1) is 0 Å². The minimum Gasteiger partial charge on any atom is -0.382 e. The van der Waals surface area contributed by atoms with E-state index in [-0.39, 0.29) is 5.56 Å². The highest BCUT2D eigenvalue weighted by atomic mass is 19.4. The summed E-state index contributed by atoms with van der Waals surface area (Å²) in [7, 11) is 0. The van der Waals surface area contributed by atoms with Crippen LogP contribution in [0.1, 0.15) is 56.1 Å². The molecule has 0 heterocycles. The molecular weight excluding hydrogens is 275 g/mol. The summed E-state index contributed by atoms with van der Waals surface area (Å²) < 4.78 is 38.9. The first-order valence-corrected chi connectivity index (χ1v) is 7.85. The van der Waals surface area contributed by atoms with Crippen LogP contribution in [0.4, 0.5) is 18.9 Å². The number of anilines is 1. The van der Waals surface area contributed by atoms with Crippen molar-refractivity contribution in [3.8, 4) is 0 Å². The van der Waals surface area contributed by atoms with Gasteiger partial charge in [-0.2, -0.15) is 13.2 Å². The molecule has 2 fully saturated rings. The predicted molar refractivity (Wildman–Crippen MR) is 78.3 cm³/mol. The van der Waals surface area contributed by atoms with Crippen molar-refractivity contribution in [3.05, 3.63) is 29.3 Å². The number of hydrogen-bond acceptors (Lipinski definition) is 1. The van der Waals surface area contributed by atoms with Crippen LogP contribution in [-0.4, -0.2) is 6.04 Å². The zero-order chi connectivity index (χ0) is 15.1. The van der Waals surface area contributed by atoms with Crippen molar-refractivity contribution in [2.24, 2.45) is 5.41 Å². The Morgan fingerprint density at radius 2 is 1.81 bits per heavy atom. The molecule has 1 N–H and O–H groups in total. The smallest absolute Gasteiger partial charge is 0.382 e. The monoisotopic (exact) mass is 297 g/mol. The van der Waals surface area contributed by atoms with Gasteiger partial charge >= 0.3 is 6.18 Å².